The molecule has 1 fully saturated rings. The number of carbonyl (C=O) groups is 1. The highest BCUT2D eigenvalue weighted by atomic mass is 35.5. The molecular weight excluding hydrogens is 321 g/mol. The molecule has 0 aliphatic carbocycles. The van der Waals surface area contributed by atoms with Crippen LogP contribution in [0, 0.1) is 6.92 Å². The van der Waals surface area contributed by atoms with Crippen molar-refractivity contribution < 1.29 is 4.79 Å². The molecule has 114 valence electrons. The summed E-state index contributed by atoms with van der Waals surface area (Å²) in [6, 6.07) is 5.56. The monoisotopic (exact) mass is 339 g/mol. The lowest BCUT2D eigenvalue weighted by Gasteiger charge is -2.26. The fourth-order valence-corrected chi connectivity index (χ4v) is 2.12. The first-order valence-corrected chi connectivity index (χ1v) is 6.52. The molecule has 1 aliphatic rings. The number of amides is 1. The van der Waals surface area contributed by atoms with Crippen LogP contribution in [0.5, 0.6) is 0 Å². The number of nitrogens with one attached hydrogen (secondary N) is 2. The summed E-state index contributed by atoms with van der Waals surface area (Å²) in [4.78, 5) is 14.0. The molecule has 0 radical (unpaired) electrons. The molecule has 0 unspecified atom stereocenters. The van der Waals surface area contributed by atoms with E-state index in [9.17, 15) is 4.79 Å². The van der Waals surface area contributed by atoms with Gasteiger partial charge in [0.2, 0.25) is 5.91 Å². The van der Waals surface area contributed by atoms with Crippen LogP contribution in [0.3, 0.4) is 0 Å². The average molecular weight is 341 g/mol. The first-order chi connectivity index (χ1) is 8.65. The number of benzene rings is 1. The van der Waals surface area contributed by atoms with E-state index in [1.54, 1.807) is 6.07 Å². The number of hydrogen-bond donors (Lipinski definition) is 2. The van der Waals surface area contributed by atoms with Crippen LogP contribution in [-0.2, 0) is 4.79 Å². The number of rotatable bonds is 3. The van der Waals surface area contributed by atoms with Gasteiger partial charge in [0.15, 0.2) is 0 Å². The Labute approximate surface area is 137 Å². The number of carbonyl (C=O) groups excluding carboxylic acids is 1. The number of nitrogens with zero attached hydrogens (tertiary/aromatic N) is 1. The van der Waals surface area contributed by atoms with Crippen LogP contribution in [0.2, 0.25) is 5.02 Å². The second kappa shape index (κ2) is 9.42. The summed E-state index contributed by atoms with van der Waals surface area (Å²) < 4.78 is 0. The van der Waals surface area contributed by atoms with Crippen molar-refractivity contribution in [1.29, 1.82) is 0 Å². The summed E-state index contributed by atoms with van der Waals surface area (Å²) in [6.07, 6.45) is 0. The first-order valence-electron chi connectivity index (χ1n) is 6.14. The van der Waals surface area contributed by atoms with E-state index < -0.39 is 0 Å². The highest BCUT2D eigenvalue weighted by Gasteiger charge is 2.13. The van der Waals surface area contributed by atoms with Crippen LogP contribution in [-0.4, -0.2) is 43.5 Å². The number of hydrogen-bond acceptors (Lipinski definition) is 3. The van der Waals surface area contributed by atoms with Gasteiger partial charge in [-0.15, -0.1) is 24.8 Å². The predicted molar refractivity (Wildman–Crippen MR) is 88.6 cm³/mol. The molecule has 20 heavy (non-hydrogen) atoms. The number of piperazine rings is 1. The molecule has 0 bridgehead atoms. The van der Waals surface area contributed by atoms with Crippen molar-refractivity contribution in [1.82, 2.24) is 10.2 Å². The largest absolute Gasteiger partial charge is 0.325 e. The molecule has 0 saturated carbocycles. The van der Waals surface area contributed by atoms with Gasteiger partial charge in [-0.3, -0.25) is 9.69 Å². The second-order valence-corrected chi connectivity index (χ2v) is 4.95. The minimum atomic E-state index is 0. The van der Waals surface area contributed by atoms with E-state index in [1.807, 2.05) is 19.1 Å². The fraction of sp³-hybridized carbons (Fsp3) is 0.462. The average Bonchev–Trinajstić information content (AvgIpc) is 2.35. The normalized spacial score (nSPS) is 14.9. The molecule has 0 spiro atoms. The van der Waals surface area contributed by atoms with Crippen LogP contribution >= 0.6 is 36.4 Å². The molecule has 4 nitrogen and oxygen atoms in total. The molecular formula is C13H20Cl3N3O. The molecule has 0 aromatic heterocycles. The maximum absolute atomic E-state index is 11.9. The van der Waals surface area contributed by atoms with E-state index in [0.717, 1.165) is 37.4 Å². The van der Waals surface area contributed by atoms with Gasteiger partial charge in [-0.05, 0) is 24.6 Å². The van der Waals surface area contributed by atoms with E-state index in [-0.39, 0.29) is 30.7 Å². The van der Waals surface area contributed by atoms with E-state index in [2.05, 4.69) is 15.5 Å². The van der Waals surface area contributed by atoms with E-state index in [1.165, 1.54) is 0 Å². The standard InChI is InChI=1S/C13H18ClN3O.2ClH/c1-10-2-3-11(8-12(10)14)16-13(18)9-17-6-4-15-5-7-17;;/h2-3,8,15H,4-7,9H2,1H3,(H,16,18);2*1H. The Hall–Kier alpha value is -0.520. The van der Waals surface area contributed by atoms with Crippen molar-refractivity contribution >= 4 is 48.0 Å². The Morgan fingerprint density at radius 2 is 2.00 bits per heavy atom. The van der Waals surface area contributed by atoms with Crippen LogP contribution in [0.15, 0.2) is 18.2 Å². The number of halogens is 3. The van der Waals surface area contributed by atoms with Gasteiger partial charge in [0.1, 0.15) is 0 Å². The second-order valence-electron chi connectivity index (χ2n) is 4.54. The van der Waals surface area contributed by atoms with Gasteiger partial charge in [0.05, 0.1) is 6.54 Å². The highest BCUT2D eigenvalue weighted by molar-refractivity contribution is 6.31. The molecule has 7 heteroatoms. The third-order valence-electron chi connectivity index (χ3n) is 3.03. The van der Waals surface area contributed by atoms with Gasteiger partial charge < -0.3 is 10.6 Å². The van der Waals surface area contributed by atoms with E-state index >= 15 is 0 Å². The summed E-state index contributed by atoms with van der Waals surface area (Å²) in [7, 11) is 0. The zero-order valence-corrected chi connectivity index (χ0v) is 13.7. The topological polar surface area (TPSA) is 44.4 Å². The van der Waals surface area contributed by atoms with E-state index in [0.29, 0.717) is 11.6 Å². The van der Waals surface area contributed by atoms with Crippen molar-refractivity contribution in [2.45, 2.75) is 6.92 Å². The molecule has 1 aromatic rings. The first kappa shape index (κ1) is 19.5. The van der Waals surface area contributed by atoms with Gasteiger partial charge in [-0.2, -0.15) is 0 Å². The molecule has 0 atom stereocenters. The molecule has 2 N–H and O–H groups in total. The SMILES string of the molecule is Cc1ccc(NC(=O)CN2CCNCC2)cc1Cl.Cl.Cl. The molecule has 1 saturated heterocycles. The summed E-state index contributed by atoms with van der Waals surface area (Å²) in [5, 5.41) is 6.81. The van der Waals surface area contributed by atoms with Crippen molar-refractivity contribution in [3.05, 3.63) is 28.8 Å². The zero-order chi connectivity index (χ0) is 13.0. The number of aryl methyl sites for hydroxylation is 1. The lowest BCUT2D eigenvalue weighted by molar-refractivity contribution is -0.117. The van der Waals surface area contributed by atoms with Crippen LogP contribution in [0.4, 0.5) is 5.69 Å². The van der Waals surface area contributed by atoms with Gasteiger partial charge in [-0.1, -0.05) is 17.7 Å². The summed E-state index contributed by atoms with van der Waals surface area (Å²) in [5.41, 5.74) is 1.77. The Balaban J connectivity index is 0.00000180. The van der Waals surface area contributed by atoms with Crippen molar-refractivity contribution in [3.63, 3.8) is 0 Å². The smallest absolute Gasteiger partial charge is 0.238 e. The van der Waals surface area contributed by atoms with Crippen LogP contribution in [0.1, 0.15) is 5.56 Å². The summed E-state index contributed by atoms with van der Waals surface area (Å²) >= 11 is 6.02. The molecule has 1 heterocycles. The van der Waals surface area contributed by atoms with Gasteiger partial charge in [-0.25, -0.2) is 0 Å². The Morgan fingerprint density at radius 1 is 1.35 bits per heavy atom. The zero-order valence-electron chi connectivity index (χ0n) is 11.3. The number of anilines is 1. The highest BCUT2D eigenvalue weighted by Crippen LogP contribution is 2.19. The third-order valence-corrected chi connectivity index (χ3v) is 3.44. The summed E-state index contributed by atoms with van der Waals surface area (Å²) in [5.74, 6) is 0.0109. The summed E-state index contributed by atoms with van der Waals surface area (Å²) in [6.45, 7) is 6.11. The fourth-order valence-electron chi connectivity index (χ4n) is 1.94. The quantitative estimate of drug-likeness (QED) is 0.887. The third kappa shape index (κ3) is 5.85. The van der Waals surface area contributed by atoms with Crippen LogP contribution < -0.4 is 10.6 Å². The van der Waals surface area contributed by atoms with Gasteiger partial charge in [0.25, 0.3) is 0 Å². The van der Waals surface area contributed by atoms with Crippen LogP contribution in [0.25, 0.3) is 0 Å². The maximum atomic E-state index is 11.9. The molecule has 2 rings (SSSR count). The lowest BCUT2D eigenvalue weighted by atomic mass is 10.2. The van der Waals surface area contributed by atoms with Crippen molar-refractivity contribution in [3.8, 4) is 0 Å². The van der Waals surface area contributed by atoms with Crippen molar-refractivity contribution in [2.24, 2.45) is 0 Å². The molecule has 1 amide bonds. The minimum absolute atomic E-state index is 0. The lowest BCUT2D eigenvalue weighted by Crippen LogP contribution is -2.46. The maximum Gasteiger partial charge on any atom is 0.238 e. The molecule has 1 aromatic carbocycles. The van der Waals surface area contributed by atoms with Gasteiger partial charge >= 0.3 is 0 Å². The Kier molecular flexibility index (Phi) is 9.18. The Morgan fingerprint density at radius 3 is 2.60 bits per heavy atom. The Bertz CT molecular complexity index is 437. The molecule has 1 aliphatic heterocycles. The van der Waals surface area contributed by atoms with E-state index in [4.69, 9.17) is 11.6 Å². The predicted octanol–water partition coefficient (Wildman–Crippen LogP) is 2.34. The van der Waals surface area contributed by atoms with Gasteiger partial charge in [0, 0.05) is 36.9 Å². The minimum Gasteiger partial charge on any atom is -0.325 e. The van der Waals surface area contributed by atoms with Crippen molar-refractivity contribution in [2.75, 3.05) is 38.0 Å².